The van der Waals surface area contributed by atoms with Crippen LogP contribution in [0.3, 0.4) is 0 Å². The highest BCUT2D eigenvalue weighted by molar-refractivity contribution is 5.81. The van der Waals surface area contributed by atoms with E-state index in [4.69, 9.17) is 4.74 Å². The van der Waals surface area contributed by atoms with Crippen LogP contribution >= 0.6 is 0 Å². The number of carbonyl (C=O) groups excluding carboxylic acids is 1. The number of nitrogens with zero attached hydrogens (tertiary/aromatic N) is 1. The van der Waals surface area contributed by atoms with Gasteiger partial charge in [0, 0.05) is 37.6 Å². The SMILES string of the molecule is O=C1CC2CCC(C1)N2C1CCCOC1. The van der Waals surface area contributed by atoms with Crippen LogP contribution in [0.15, 0.2) is 0 Å². The number of Topliss-reactive ketones (excluding diaryl/α,β-unsaturated/α-hetero) is 1. The molecule has 3 unspecified atom stereocenters. The second-order valence-electron chi connectivity index (χ2n) is 5.15. The zero-order valence-electron chi connectivity index (χ0n) is 9.15. The molecule has 0 spiro atoms. The van der Waals surface area contributed by atoms with Crippen molar-refractivity contribution in [2.75, 3.05) is 13.2 Å². The summed E-state index contributed by atoms with van der Waals surface area (Å²) in [6, 6.07) is 1.69. The normalized spacial score (nSPS) is 42.1. The van der Waals surface area contributed by atoms with Gasteiger partial charge in [0.05, 0.1) is 6.61 Å². The maximum absolute atomic E-state index is 11.5. The summed E-state index contributed by atoms with van der Waals surface area (Å²) in [6.07, 6.45) is 6.51. The quantitative estimate of drug-likeness (QED) is 0.653. The predicted octanol–water partition coefficient (Wildman–Crippen LogP) is 1.36. The van der Waals surface area contributed by atoms with Crippen LogP contribution < -0.4 is 0 Å². The highest BCUT2D eigenvalue weighted by Crippen LogP contribution is 2.37. The Balaban J connectivity index is 1.73. The Kier molecular flexibility index (Phi) is 2.53. The summed E-state index contributed by atoms with van der Waals surface area (Å²) < 4.78 is 5.56. The van der Waals surface area contributed by atoms with Gasteiger partial charge in [0.25, 0.3) is 0 Å². The van der Waals surface area contributed by atoms with E-state index in [-0.39, 0.29) is 0 Å². The van der Waals surface area contributed by atoms with Crippen molar-refractivity contribution in [3.05, 3.63) is 0 Å². The average Bonchev–Trinajstić information content (AvgIpc) is 2.53. The molecule has 3 atom stereocenters. The summed E-state index contributed by atoms with van der Waals surface area (Å²) in [5.74, 6) is 0.482. The Morgan fingerprint density at radius 2 is 1.80 bits per heavy atom. The van der Waals surface area contributed by atoms with Crippen LogP contribution in [0.25, 0.3) is 0 Å². The maximum Gasteiger partial charge on any atom is 0.136 e. The highest BCUT2D eigenvalue weighted by atomic mass is 16.5. The van der Waals surface area contributed by atoms with Crippen LogP contribution in [0.5, 0.6) is 0 Å². The minimum absolute atomic E-state index is 0.482. The van der Waals surface area contributed by atoms with Crippen LogP contribution in [-0.2, 0) is 9.53 Å². The fourth-order valence-electron chi connectivity index (χ4n) is 3.56. The van der Waals surface area contributed by atoms with E-state index in [0.29, 0.717) is 23.9 Å². The smallest absolute Gasteiger partial charge is 0.136 e. The van der Waals surface area contributed by atoms with Crippen molar-refractivity contribution < 1.29 is 9.53 Å². The lowest BCUT2D eigenvalue weighted by molar-refractivity contribution is -0.125. The number of hydrogen-bond acceptors (Lipinski definition) is 3. The lowest BCUT2D eigenvalue weighted by atomic mass is 9.97. The van der Waals surface area contributed by atoms with Crippen molar-refractivity contribution in [1.82, 2.24) is 4.90 Å². The summed E-state index contributed by atoms with van der Waals surface area (Å²) in [7, 11) is 0. The molecule has 0 saturated carbocycles. The summed E-state index contributed by atoms with van der Waals surface area (Å²) in [6.45, 7) is 1.82. The second kappa shape index (κ2) is 3.87. The van der Waals surface area contributed by atoms with E-state index in [1.807, 2.05) is 0 Å². The third-order valence-corrected chi connectivity index (χ3v) is 4.16. The fraction of sp³-hybridized carbons (Fsp3) is 0.917. The van der Waals surface area contributed by atoms with Gasteiger partial charge in [-0.3, -0.25) is 9.69 Å². The molecule has 3 rings (SSSR count). The van der Waals surface area contributed by atoms with E-state index in [1.54, 1.807) is 0 Å². The summed E-state index contributed by atoms with van der Waals surface area (Å²) in [5, 5.41) is 0. The van der Waals surface area contributed by atoms with E-state index in [1.165, 1.54) is 25.7 Å². The van der Waals surface area contributed by atoms with Crippen molar-refractivity contribution in [3.63, 3.8) is 0 Å². The molecule has 3 nitrogen and oxygen atoms in total. The molecular formula is C12H19NO2. The van der Waals surface area contributed by atoms with E-state index >= 15 is 0 Å². The molecule has 84 valence electrons. The van der Waals surface area contributed by atoms with Gasteiger partial charge < -0.3 is 4.74 Å². The number of piperidine rings is 1. The van der Waals surface area contributed by atoms with Gasteiger partial charge >= 0.3 is 0 Å². The number of ketones is 1. The monoisotopic (exact) mass is 209 g/mol. The number of hydrogen-bond donors (Lipinski definition) is 0. The third kappa shape index (κ3) is 1.72. The first-order chi connectivity index (χ1) is 7.34. The van der Waals surface area contributed by atoms with Gasteiger partial charge in [-0.15, -0.1) is 0 Å². The second-order valence-corrected chi connectivity index (χ2v) is 5.15. The standard InChI is InChI=1S/C12H19NO2/c14-12-6-9-3-4-10(7-12)13(9)11-2-1-5-15-8-11/h9-11H,1-8H2. The predicted molar refractivity (Wildman–Crippen MR) is 56.7 cm³/mol. The molecule has 0 radical (unpaired) electrons. The minimum Gasteiger partial charge on any atom is -0.380 e. The fourth-order valence-corrected chi connectivity index (χ4v) is 3.56. The van der Waals surface area contributed by atoms with Crippen LogP contribution in [0, 0.1) is 0 Å². The lowest BCUT2D eigenvalue weighted by Crippen LogP contribution is -2.51. The molecule has 3 aliphatic heterocycles. The summed E-state index contributed by atoms with van der Waals surface area (Å²) in [5.41, 5.74) is 0. The molecule has 3 saturated heterocycles. The zero-order valence-corrected chi connectivity index (χ0v) is 9.15. The first-order valence-electron chi connectivity index (χ1n) is 6.21. The minimum atomic E-state index is 0.482. The largest absolute Gasteiger partial charge is 0.380 e. The summed E-state index contributed by atoms with van der Waals surface area (Å²) >= 11 is 0. The van der Waals surface area contributed by atoms with Crippen LogP contribution in [0.2, 0.25) is 0 Å². The first kappa shape index (κ1) is 9.79. The Morgan fingerprint density at radius 3 is 2.40 bits per heavy atom. The van der Waals surface area contributed by atoms with Crippen LogP contribution in [0.1, 0.15) is 38.5 Å². The van der Waals surface area contributed by atoms with Crippen LogP contribution in [0.4, 0.5) is 0 Å². The Bertz CT molecular complexity index is 244. The molecule has 0 amide bonds. The Hall–Kier alpha value is -0.410. The molecule has 15 heavy (non-hydrogen) atoms. The number of fused-ring (bicyclic) bond motifs is 2. The molecule has 2 bridgehead atoms. The van der Waals surface area contributed by atoms with Gasteiger partial charge in [0.1, 0.15) is 5.78 Å². The van der Waals surface area contributed by atoms with Gasteiger partial charge in [0.15, 0.2) is 0 Å². The lowest BCUT2D eigenvalue weighted by Gasteiger charge is -2.41. The van der Waals surface area contributed by atoms with Crippen molar-refractivity contribution in [2.45, 2.75) is 56.7 Å². The maximum atomic E-state index is 11.5. The van der Waals surface area contributed by atoms with Crippen molar-refractivity contribution in [3.8, 4) is 0 Å². The van der Waals surface area contributed by atoms with Gasteiger partial charge in [0.2, 0.25) is 0 Å². The Labute approximate surface area is 90.8 Å². The van der Waals surface area contributed by atoms with E-state index in [0.717, 1.165) is 26.1 Å². The van der Waals surface area contributed by atoms with Gasteiger partial charge in [-0.2, -0.15) is 0 Å². The topological polar surface area (TPSA) is 29.5 Å². The number of ether oxygens (including phenoxy) is 1. The molecule has 3 heteroatoms. The first-order valence-corrected chi connectivity index (χ1v) is 6.21. The van der Waals surface area contributed by atoms with Gasteiger partial charge in [-0.1, -0.05) is 0 Å². The Morgan fingerprint density at radius 1 is 1.07 bits per heavy atom. The van der Waals surface area contributed by atoms with Crippen LogP contribution in [-0.4, -0.2) is 42.0 Å². The molecule has 3 heterocycles. The van der Waals surface area contributed by atoms with Crippen molar-refractivity contribution in [1.29, 1.82) is 0 Å². The van der Waals surface area contributed by atoms with Gasteiger partial charge in [-0.25, -0.2) is 0 Å². The molecule has 3 aliphatic rings. The molecule has 3 fully saturated rings. The molecule has 0 aromatic rings. The number of rotatable bonds is 1. The number of carbonyl (C=O) groups is 1. The highest BCUT2D eigenvalue weighted by Gasteiger charge is 2.43. The molecule has 0 N–H and O–H groups in total. The average molecular weight is 209 g/mol. The third-order valence-electron chi connectivity index (χ3n) is 4.16. The molecule has 0 aromatic carbocycles. The molecular weight excluding hydrogens is 190 g/mol. The molecule has 0 aliphatic carbocycles. The van der Waals surface area contributed by atoms with E-state index < -0.39 is 0 Å². The van der Waals surface area contributed by atoms with E-state index in [2.05, 4.69) is 4.90 Å². The zero-order chi connectivity index (χ0) is 10.3. The van der Waals surface area contributed by atoms with Crippen molar-refractivity contribution in [2.24, 2.45) is 0 Å². The molecule has 0 aromatic heterocycles. The van der Waals surface area contributed by atoms with Gasteiger partial charge in [-0.05, 0) is 25.7 Å². The van der Waals surface area contributed by atoms with Crippen molar-refractivity contribution >= 4 is 5.78 Å². The summed E-state index contributed by atoms with van der Waals surface area (Å²) in [4.78, 5) is 14.1. The van der Waals surface area contributed by atoms with E-state index in [9.17, 15) is 4.79 Å².